The van der Waals surface area contributed by atoms with Crippen LogP contribution in [0.5, 0.6) is 0 Å². The van der Waals surface area contributed by atoms with Crippen LogP contribution in [0.2, 0.25) is 0 Å². The highest BCUT2D eigenvalue weighted by molar-refractivity contribution is 9.10. The van der Waals surface area contributed by atoms with E-state index in [9.17, 15) is 14.7 Å². The van der Waals surface area contributed by atoms with Crippen LogP contribution in [0.1, 0.15) is 23.4 Å². The molecule has 8 heteroatoms. The lowest BCUT2D eigenvalue weighted by Gasteiger charge is -2.36. The fraction of sp³-hybridized carbons (Fsp3) is 0.538. The van der Waals surface area contributed by atoms with Crippen molar-refractivity contribution in [1.82, 2.24) is 10.6 Å². The van der Waals surface area contributed by atoms with E-state index in [-0.39, 0.29) is 24.8 Å². The molecule has 116 valence electrons. The zero-order valence-electron chi connectivity index (χ0n) is 11.4. The minimum Gasteiger partial charge on any atom is -0.444 e. The zero-order chi connectivity index (χ0) is 15.3. The molecule has 1 aromatic rings. The number of aliphatic hydroxyl groups excluding tert-OH is 1. The van der Waals surface area contributed by atoms with Crippen molar-refractivity contribution in [3.05, 3.63) is 22.6 Å². The number of nitrogens with one attached hydrogen (secondary N) is 2. The van der Waals surface area contributed by atoms with Gasteiger partial charge in [-0.2, -0.15) is 0 Å². The number of carbonyl (C=O) groups excluding carboxylic acids is 2. The Morgan fingerprint density at radius 1 is 1.33 bits per heavy atom. The van der Waals surface area contributed by atoms with E-state index in [0.29, 0.717) is 30.7 Å². The van der Waals surface area contributed by atoms with Gasteiger partial charge in [0, 0.05) is 13.2 Å². The molecule has 2 rings (SSSR count). The monoisotopic (exact) mass is 360 g/mol. The van der Waals surface area contributed by atoms with Gasteiger partial charge in [0.15, 0.2) is 10.4 Å². The molecule has 0 atom stereocenters. The van der Waals surface area contributed by atoms with Crippen LogP contribution >= 0.6 is 15.9 Å². The van der Waals surface area contributed by atoms with Gasteiger partial charge in [-0.1, -0.05) is 0 Å². The predicted molar refractivity (Wildman–Crippen MR) is 76.8 cm³/mol. The molecule has 0 bridgehead atoms. The maximum Gasteiger partial charge on any atom is 0.287 e. The van der Waals surface area contributed by atoms with Crippen LogP contribution in [0.3, 0.4) is 0 Å². The first-order valence-electron chi connectivity index (χ1n) is 6.58. The van der Waals surface area contributed by atoms with E-state index in [1.54, 1.807) is 6.07 Å². The summed E-state index contributed by atoms with van der Waals surface area (Å²) in [6.45, 7) is 0.655. The average Bonchev–Trinajstić information content (AvgIpc) is 2.92. The van der Waals surface area contributed by atoms with Crippen molar-refractivity contribution in [1.29, 1.82) is 0 Å². The van der Waals surface area contributed by atoms with E-state index in [2.05, 4.69) is 26.6 Å². The second-order valence-corrected chi connectivity index (χ2v) is 5.67. The Labute approximate surface area is 130 Å². The normalized spacial score (nSPS) is 17.2. The Bertz CT molecular complexity index is 510. The minimum atomic E-state index is -0.659. The Kier molecular flexibility index (Phi) is 5.38. The molecule has 0 radical (unpaired) electrons. The molecule has 2 amide bonds. The van der Waals surface area contributed by atoms with Crippen LogP contribution in [0.4, 0.5) is 0 Å². The van der Waals surface area contributed by atoms with Gasteiger partial charge in [0.2, 0.25) is 5.91 Å². The molecule has 1 fully saturated rings. The Balaban J connectivity index is 1.82. The summed E-state index contributed by atoms with van der Waals surface area (Å²) in [7, 11) is 0. The second-order valence-electron chi connectivity index (χ2n) is 4.89. The number of hydrogen-bond acceptors (Lipinski definition) is 5. The van der Waals surface area contributed by atoms with Gasteiger partial charge in [-0.3, -0.25) is 9.59 Å². The van der Waals surface area contributed by atoms with Crippen LogP contribution in [-0.2, 0) is 9.53 Å². The van der Waals surface area contributed by atoms with Gasteiger partial charge in [-0.15, -0.1) is 0 Å². The number of ether oxygens (including phenoxy) is 1. The quantitative estimate of drug-likeness (QED) is 0.706. The van der Waals surface area contributed by atoms with Gasteiger partial charge >= 0.3 is 0 Å². The molecule has 7 nitrogen and oxygen atoms in total. The first-order valence-corrected chi connectivity index (χ1v) is 7.37. The molecule has 21 heavy (non-hydrogen) atoms. The average molecular weight is 361 g/mol. The number of rotatable bonds is 5. The van der Waals surface area contributed by atoms with Gasteiger partial charge in [0.1, 0.15) is 0 Å². The van der Waals surface area contributed by atoms with Crippen LogP contribution in [0, 0.1) is 0 Å². The molecule has 0 saturated carbocycles. The number of hydrogen-bond donors (Lipinski definition) is 3. The Hall–Kier alpha value is -1.38. The van der Waals surface area contributed by atoms with Crippen molar-refractivity contribution in [2.75, 3.05) is 26.4 Å². The number of amides is 2. The number of furan rings is 1. The maximum absolute atomic E-state index is 11.9. The summed E-state index contributed by atoms with van der Waals surface area (Å²) < 4.78 is 10.7. The summed E-state index contributed by atoms with van der Waals surface area (Å²) >= 11 is 3.10. The highest BCUT2D eigenvalue weighted by atomic mass is 79.9. The molecule has 1 aromatic heterocycles. The van der Waals surface area contributed by atoms with Crippen LogP contribution in [-0.4, -0.2) is 48.8 Å². The number of aliphatic hydroxyl groups is 1. The molecular weight excluding hydrogens is 344 g/mol. The topological polar surface area (TPSA) is 101 Å². The zero-order valence-corrected chi connectivity index (χ0v) is 12.9. The van der Waals surface area contributed by atoms with E-state index in [0.717, 1.165) is 0 Å². The van der Waals surface area contributed by atoms with E-state index < -0.39 is 11.4 Å². The maximum atomic E-state index is 11.9. The van der Waals surface area contributed by atoms with Crippen molar-refractivity contribution in [3.8, 4) is 0 Å². The molecule has 1 aliphatic heterocycles. The molecule has 0 spiro atoms. The summed E-state index contributed by atoms with van der Waals surface area (Å²) in [4.78, 5) is 23.6. The third-order valence-electron chi connectivity index (χ3n) is 3.36. The van der Waals surface area contributed by atoms with E-state index >= 15 is 0 Å². The number of halogens is 1. The number of carbonyl (C=O) groups is 2. The summed E-state index contributed by atoms with van der Waals surface area (Å²) in [5.41, 5.74) is -0.659. The summed E-state index contributed by atoms with van der Waals surface area (Å²) in [6.07, 6.45) is 1.10. The third kappa shape index (κ3) is 4.29. The Morgan fingerprint density at radius 3 is 2.62 bits per heavy atom. The fourth-order valence-corrected chi connectivity index (χ4v) is 2.42. The minimum absolute atomic E-state index is 0.123. The van der Waals surface area contributed by atoms with Crippen molar-refractivity contribution >= 4 is 27.7 Å². The van der Waals surface area contributed by atoms with Crippen LogP contribution in [0.25, 0.3) is 0 Å². The first-order chi connectivity index (χ1) is 10.0. The van der Waals surface area contributed by atoms with E-state index in [1.165, 1.54) is 6.07 Å². The smallest absolute Gasteiger partial charge is 0.287 e. The fourth-order valence-electron chi connectivity index (χ4n) is 2.11. The van der Waals surface area contributed by atoms with Gasteiger partial charge in [0.05, 0.1) is 18.7 Å². The summed E-state index contributed by atoms with van der Waals surface area (Å²) in [6, 6.07) is 3.10. The lowest BCUT2D eigenvalue weighted by molar-refractivity contribution is -0.124. The van der Waals surface area contributed by atoms with Crippen molar-refractivity contribution < 1.29 is 23.8 Å². The molecule has 0 aromatic carbocycles. The Morgan fingerprint density at radius 2 is 2.05 bits per heavy atom. The van der Waals surface area contributed by atoms with Gasteiger partial charge < -0.3 is 24.9 Å². The molecule has 3 N–H and O–H groups in total. The lowest BCUT2D eigenvalue weighted by atomic mass is 9.91. The highest BCUT2D eigenvalue weighted by Crippen LogP contribution is 2.19. The molecule has 1 saturated heterocycles. The van der Waals surface area contributed by atoms with Crippen molar-refractivity contribution in [2.24, 2.45) is 0 Å². The standard InChI is InChI=1S/C13H17BrN2O5/c14-10-2-1-9(21-10)12(19)15-7-11(18)16-13(8-17)3-5-20-6-4-13/h1-2,17H,3-8H2,(H,15,19)(H,16,18). The molecule has 1 aliphatic rings. The van der Waals surface area contributed by atoms with Gasteiger partial charge in [-0.25, -0.2) is 0 Å². The van der Waals surface area contributed by atoms with Crippen molar-refractivity contribution in [2.45, 2.75) is 18.4 Å². The SMILES string of the molecule is O=C(CNC(=O)c1ccc(Br)o1)NC1(CO)CCOCC1. The largest absolute Gasteiger partial charge is 0.444 e. The summed E-state index contributed by atoms with van der Waals surface area (Å²) in [5, 5.41) is 14.7. The van der Waals surface area contributed by atoms with Crippen molar-refractivity contribution in [3.63, 3.8) is 0 Å². The molecule has 2 heterocycles. The van der Waals surface area contributed by atoms with Gasteiger partial charge in [0.25, 0.3) is 5.91 Å². The predicted octanol–water partition coefficient (Wildman–Crippen LogP) is 0.430. The molecule has 0 aliphatic carbocycles. The van der Waals surface area contributed by atoms with E-state index in [1.807, 2.05) is 0 Å². The summed E-state index contributed by atoms with van der Waals surface area (Å²) in [5.74, 6) is -0.705. The van der Waals surface area contributed by atoms with Crippen LogP contribution < -0.4 is 10.6 Å². The van der Waals surface area contributed by atoms with Crippen LogP contribution in [0.15, 0.2) is 21.2 Å². The first kappa shape index (κ1) is 16.0. The molecular formula is C13H17BrN2O5. The molecule has 0 unspecified atom stereocenters. The van der Waals surface area contributed by atoms with E-state index in [4.69, 9.17) is 9.15 Å². The third-order valence-corrected chi connectivity index (χ3v) is 3.79. The highest BCUT2D eigenvalue weighted by Gasteiger charge is 2.33. The van der Waals surface area contributed by atoms with Gasteiger partial charge in [-0.05, 0) is 40.9 Å². The second kappa shape index (κ2) is 7.06. The lowest BCUT2D eigenvalue weighted by Crippen LogP contribution is -2.56.